The molecule has 2 aromatic heterocycles. The summed E-state index contributed by atoms with van der Waals surface area (Å²) in [4.78, 5) is 17.7. The molecule has 0 aliphatic heterocycles. The van der Waals surface area contributed by atoms with Crippen molar-refractivity contribution in [3.8, 4) is 11.5 Å². The lowest BCUT2D eigenvalue weighted by Gasteiger charge is -2.11. The van der Waals surface area contributed by atoms with Crippen LogP contribution in [0.1, 0.15) is 32.6 Å². The Labute approximate surface area is 174 Å². The molecule has 30 heavy (non-hydrogen) atoms. The molecular weight excluding hydrogens is 380 g/mol. The van der Waals surface area contributed by atoms with E-state index in [-0.39, 0.29) is 23.0 Å². The van der Waals surface area contributed by atoms with E-state index in [1.807, 2.05) is 26.0 Å². The Hall–Kier alpha value is -3.80. The molecule has 0 saturated carbocycles. The third-order valence-corrected chi connectivity index (χ3v) is 5.28. The number of hydrogen-bond acceptors (Lipinski definition) is 6. The molecule has 2 aromatic carbocycles. The van der Waals surface area contributed by atoms with Gasteiger partial charge in [0.1, 0.15) is 5.75 Å². The van der Waals surface area contributed by atoms with Crippen LogP contribution >= 0.6 is 0 Å². The fraction of sp³-hybridized carbons (Fsp3) is 0.167. The van der Waals surface area contributed by atoms with E-state index in [4.69, 9.17) is 9.15 Å². The lowest BCUT2D eigenvalue weighted by Crippen LogP contribution is -2.06. The Bertz CT molecular complexity index is 1260. The molecule has 0 bridgehead atoms. The van der Waals surface area contributed by atoms with Crippen molar-refractivity contribution in [2.45, 2.75) is 20.8 Å². The van der Waals surface area contributed by atoms with Crippen molar-refractivity contribution in [3.63, 3.8) is 0 Å². The van der Waals surface area contributed by atoms with E-state index in [1.165, 1.54) is 0 Å². The summed E-state index contributed by atoms with van der Waals surface area (Å²) in [5.41, 5.74) is 4.34. The van der Waals surface area contributed by atoms with Crippen molar-refractivity contribution < 1.29 is 19.1 Å². The third kappa shape index (κ3) is 3.26. The van der Waals surface area contributed by atoms with Crippen LogP contribution in [0.25, 0.3) is 11.0 Å². The third-order valence-electron chi connectivity index (χ3n) is 5.28. The monoisotopic (exact) mass is 402 g/mol. The number of ketones is 1. The van der Waals surface area contributed by atoms with Gasteiger partial charge in [-0.05, 0) is 67.8 Å². The van der Waals surface area contributed by atoms with E-state index in [9.17, 15) is 9.90 Å². The van der Waals surface area contributed by atoms with E-state index < -0.39 is 0 Å². The van der Waals surface area contributed by atoms with Crippen LogP contribution < -0.4 is 10.1 Å². The van der Waals surface area contributed by atoms with Gasteiger partial charge in [0.05, 0.1) is 24.6 Å². The van der Waals surface area contributed by atoms with Crippen LogP contribution in [0.4, 0.5) is 11.6 Å². The van der Waals surface area contributed by atoms with Gasteiger partial charge in [-0.3, -0.25) is 9.78 Å². The van der Waals surface area contributed by atoms with Gasteiger partial charge in [0.15, 0.2) is 17.1 Å². The topological polar surface area (TPSA) is 84.6 Å². The molecule has 4 aromatic rings. The van der Waals surface area contributed by atoms with Crippen LogP contribution in [-0.4, -0.2) is 23.0 Å². The first-order valence-corrected chi connectivity index (χ1v) is 9.52. The molecule has 0 saturated heterocycles. The molecule has 0 aliphatic rings. The number of furan rings is 1. The second-order valence-corrected chi connectivity index (χ2v) is 7.23. The van der Waals surface area contributed by atoms with E-state index in [2.05, 4.69) is 10.3 Å². The van der Waals surface area contributed by atoms with Crippen LogP contribution in [-0.2, 0) is 0 Å². The van der Waals surface area contributed by atoms with Crippen molar-refractivity contribution in [2.24, 2.45) is 0 Å². The highest BCUT2D eigenvalue weighted by Crippen LogP contribution is 2.39. The van der Waals surface area contributed by atoms with Crippen molar-refractivity contribution in [1.82, 2.24) is 4.98 Å². The van der Waals surface area contributed by atoms with Crippen LogP contribution in [0.3, 0.4) is 0 Å². The second kappa shape index (κ2) is 7.55. The molecule has 6 heteroatoms. The molecular formula is C24H22N2O4. The number of fused-ring (bicyclic) bond motifs is 1. The highest BCUT2D eigenvalue weighted by molar-refractivity contribution is 6.20. The molecule has 6 nitrogen and oxygen atoms in total. The molecule has 0 fully saturated rings. The molecule has 2 heterocycles. The number of methoxy groups -OCH3 is 1. The molecule has 0 spiro atoms. The van der Waals surface area contributed by atoms with Gasteiger partial charge >= 0.3 is 0 Å². The van der Waals surface area contributed by atoms with Crippen LogP contribution in [0.2, 0.25) is 0 Å². The van der Waals surface area contributed by atoms with Crippen molar-refractivity contribution in [3.05, 3.63) is 76.6 Å². The number of nitrogens with one attached hydrogen (secondary N) is 1. The van der Waals surface area contributed by atoms with Gasteiger partial charge in [0.2, 0.25) is 5.88 Å². The lowest BCUT2D eigenvalue weighted by atomic mass is 9.97. The number of phenols is 1. The zero-order valence-electron chi connectivity index (χ0n) is 17.2. The number of aromatic hydroxyl groups is 1. The Balaban J connectivity index is 1.92. The Morgan fingerprint density at radius 3 is 2.63 bits per heavy atom. The lowest BCUT2D eigenvalue weighted by molar-refractivity contribution is 0.104. The van der Waals surface area contributed by atoms with Gasteiger partial charge in [-0.25, -0.2) is 0 Å². The SMILES string of the molecule is COc1cc(C(=O)c2c(Nc3cccnc3)oc3c(O)c(C)ccc23)cc(C)c1C. The average Bonchev–Trinajstić information content (AvgIpc) is 3.11. The average molecular weight is 402 g/mol. The molecule has 2 N–H and O–H groups in total. The van der Waals surface area contributed by atoms with Crippen molar-refractivity contribution in [2.75, 3.05) is 12.4 Å². The Kier molecular flexibility index (Phi) is 4.91. The highest BCUT2D eigenvalue weighted by atomic mass is 16.5. The van der Waals surface area contributed by atoms with Gasteiger partial charge in [0, 0.05) is 17.1 Å². The fourth-order valence-electron chi connectivity index (χ4n) is 3.44. The maximum atomic E-state index is 13.6. The molecule has 0 aliphatic carbocycles. The number of ether oxygens (including phenoxy) is 1. The summed E-state index contributed by atoms with van der Waals surface area (Å²) in [6.07, 6.45) is 3.29. The minimum absolute atomic E-state index is 0.0125. The van der Waals surface area contributed by atoms with Crippen LogP contribution in [0.5, 0.6) is 11.5 Å². The largest absolute Gasteiger partial charge is 0.504 e. The predicted octanol–water partition coefficient (Wildman–Crippen LogP) is 5.44. The maximum absolute atomic E-state index is 13.6. The smallest absolute Gasteiger partial charge is 0.210 e. The summed E-state index contributed by atoms with van der Waals surface area (Å²) in [7, 11) is 1.58. The first kappa shape index (κ1) is 19.5. The van der Waals surface area contributed by atoms with Gasteiger partial charge < -0.3 is 19.6 Å². The zero-order chi connectivity index (χ0) is 21.4. The summed E-state index contributed by atoms with van der Waals surface area (Å²) in [6.45, 7) is 5.67. The van der Waals surface area contributed by atoms with Crippen LogP contribution in [0.15, 0.2) is 53.2 Å². The minimum Gasteiger partial charge on any atom is -0.504 e. The number of nitrogens with zero attached hydrogens (tertiary/aromatic N) is 1. The Morgan fingerprint density at radius 1 is 1.13 bits per heavy atom. The van der Waals surface area contributed by atoms with Gasteiger partial charge in [0.25, 0.3) is 0 Å². The second-order valence-electron chi connectivity index (χ2n) is 7.23. The standard InChI is InChI=1S/C24H22N2O4/c1-13-7-8-18-20(22(28)16-10-14(2)15(3)19(11-16)29-4)24(30-23(18)21(13)27)26-17-6-5-9-25-12-17/h5-12,26-27H,1-4H3. The van der Waals surface area contributed by atoms with Crippen molar-refractivity contribution in [1.29, 1.82) is 0 Å². The predicted molar refractivity (Wildman–Crippen MR) is 116 cm³/mol. The van der Waals surface area contributed by atoms with Crippen molar-refractivity contribution >= 4 is 28.3 Å². The van der Waals surface area contributed by atoms with Gasteiger partial charge in [-0.15, -0.1) is 0 Å². The van der Waals surface area contributed by atoms with E-state index >= 15 is 0 Å². The normalized spacial score (nSPS) is 10.9. The maximum Gasteiger partial charge on any atom is 0.210 e. The zero-order valence-corrected chi connectivity index (χ0v) is 17.2. The minimum atomic E-state index is -0.232. The number of hydrogen-bond donors (Lipinski definition) is 2. The first-order chi connectivity index (χ1) is 14.4. The number of phenolic OH excluding ortho intramolecular Hbond substituents is 1. The van der Waals surface area contributed by atoms with E-state index in [0.717, 1.165) is 11.1 Å². The number of benzene rings is 2. The fourth-order valence-corrected chi connectivity index (χ4v) is 3.44. The number of anilines is 2. The summed E-state index contributed by atoms with van der Waals surface area (Å²) >= 11 is 0. The molecule has 4 rings (SSSR count). The van der Waals surface area contributed by atoms with Crippen LogP contribution in [0, 0.1) is 20.8 Å². The summed E-state index contributed by atoms with van der Waals surface area (Å²) in [6, 6.07) is 10.7. The molecule has 152 valence electrons. The summed E-state index contributed by atoms with van der Waals surface area (Å²) in [5.74, 6) is 0.677. The molecule has 0 amide bonds. The number of rotatable bonds is 5. The first-order valence-electron chi connectivity index (χ1n) is 9.52. The van der Waals surface area contributed by atoms with Gasteiger partial charge in [-0.2, -0.15) is 0 Å². The summed E-state index contributed by atoms with van der Waals surface area (Å²) < 4.78 is 11.4. The number of carbonyl (C=O) groups excluding carboxylic acids is 1. The van der Waals surface area contributed by atoms with E-state index in [0.29, 0.717) is 33.5 Å². The number of carbonyl (C=O) groups is 1. The number of aryl methyl sites for hydroxylation is 2. The molecule has 0 atom stereocenters. The van der Waals surface area contributed by atoms with E-state index in [1.54, 1.807) is 50.7 Å². The van der Waals surface area contributed by atoms with Gasteiger partial charge in [-0.1, -0.05) is 6.07 Å². The number of aromatic nitrogens is 1. The summed E-state index contributed by atoms with van der Waals surface area (Å²) in [5, 5.41) is 14.2. The Morgan fingerprint density at radius 2 is 1.93 bits per heavy atom. The quantitative estimate of drug-likeness (QED) is 0.432. The molecule has 0 radical (unpaired) electrons. The number of pyridine rings is 1. The molecule has 0 unspecified atom stereocenters. The highest BCUT2D eigenvalue weighted by Gasteiger charge is 2.25.